The van der Waals surface area contributed by atoms with Gasteiger partial charge in [0.15, 0.2) is 0 Å². The third-order valence-corrected chi connectivity index (χ3v) is 3.84. The second-order valence-electron chi connectivity index (χ2n) is 6.12. The molecule has 0 saturated heterocycles. The third kappa shape index (κ3) is 2.72. The van der Waals surface area contributed by atoms with Gasteiger partial charge in [0.1, 0.15) is 0 Å². The zero-order valence-electron chi connectivity index (χ0n) is 12.6. The molecule has 0 bridgehead atoms. The first-order valence-electron chi connectivity index (χ1n) is 6.62. The number of nitrogens with zero attached hydrogens (tertiary/aromatic N) is 2. The lowest BCUT2D eigenvalue weighted by molar-refractivity contribution is -0.0982. The van der Waals surface area contributed by atoms with Gasteiger partial charge in [0.25, 0.3) is 0 Å². The summed E-state index contributed by atoms with van der Waals surface area (Å²) in [6.45, 7) is 6.81. The van der Waals surface area contributed by atoms with E-state index < -0.39 is 18.3 Å². The summed E-state index contributed by atoms with van der Waals surface area (Å²) in [4.78, 5) is 0. The van der Waals surface area contributed by atoms with Crippen molar-refractivity contribution in [3.05, 3.63) is 24.4 Å². The van der Waals surface area contributed by atoms with Crippen LogP contribution < -0.4 is 5.46 Å². The van der Waals surface area contributed by atoms with Crippen molar-refractivity contribution in [2.75, 3.05) is 0 Å². The van der Waals surface area contributed by atoms with E-state index in [4.69, 9.17) is 4.65 Å². The van der Waals surface area contributed by atoms with Crippen LogP contribution in [0.4, 0.5) is 0 Å². The first-order valence-corrected chi connectivity index (χ1v) is 6.62. The fourth-order valence-corrected chi connectivity index (χ4v) is 1.89. The van der Waals surface area contributed by atoms with Gasteiger partial charge in [-0.3, -0.25) is 4.68 Å². The van der Waals surface area contributed by atoms with Gasteiger partial charge in [-0.15, -0.1) is 0 Å². The number of hydrogen-bond donors (Lipinski definition) is 2. The highest BCUT2D eigenvalue weighted by molar-refractivity contribution is 6.63. The lowest BCUT2D eigenvalue weighted by Crippen LogP contribution is -2.53. The van der Waals surface area contributed by atoms with Crippen molar-refractivity contribution >= 4 is 23.5 Å². The van der Waals surface area contributed by atoms with Crippen molar-refractivity contribution in [3.63, 3.8) is 0 Å². The van der Waals surface area contributed by atoms with Crippen LogP contribution in [0, 0.1) is 0 Å². The Morgan fingerprint density at radius 3 is 2.50 bits per heavy atom. The lowest BCUT2D eigenvalue weighted by Gasteiger charge is -2.38. The number of aromatic nitrogens is 2. The van der Waals surface area contributed by atoms with Crippen LogP contribution in [0.15, 0.2) is 24.4 Å². The highest BCUT2D eigenvalue weighted by Crippen LogP contribution is 2.25. The molecule has 2 rings (SSSR count). The van der Waals surface area contributed by atoms with Crippen LogP contribution in [0.5, 0.6) is 0 Å². The van der Waals surface area contributed by atoms with Crippen LogP contribution in [0.2, 0.25) is 0 Å². The van der Waals surface area contributed by atoms with Gasteiger partial charge in [0.2, 0.25) is 0 Å². The van der Waals surface area contributed by atoms with Crippen LogP contribution in [0.3, 0.4) is 0 Å². The summed E-state index contributed by atoms with van der Waals surface area (Å²) in [5.41, 5.74) is -0.519. The van der Waals surface area contributed by atoms with E-state index in [1.165, 1.54) is 0 Å². The molecule has 0 amide bonds. The molecule has 2 N–H and O–H groups in total. The zero-order valence-corrected chi connectivity index (χ0v) is 12.6. The van der Waals surface area contributed by atoms with E-state index in [1.54, 1.807) is 38.4 Å². The quantitative estimate of drug-likeness (QED) is 0.812. The highest BCUT2D eigenvalue weighted by Gasteiger charge is 2.39. The van der Waals surface area contributed by atoms with Crippen molar-refractivity contribution in [2.24, 2.45) is 7.05 Å². The van der Waals surface area contributed by atoms with Crippen LogP contribution in [-0.2, 0) is 11.7 Å². The predicted octanol–water partition coefficient (Wildman–Crippen LogP) is 0.827. The monoisotopic (exact) mass is 276 g/mol. The molecule has 6 heteroatoms. The minimum absolute atomic E-state index is 0.646. The predicted molar refractivity (Wildman–Crippen MR) is 79.8 cm³/mol. The van der Waals surface area contributed by atoms with E-state index >= 15 is 0 Å². The van der Waals surface area contributed by atoms with Crippen molar-refractivity contribution in [3.8, 4) is 0 Å². The minimum atomic E-state index is -1.12. The molecule has 0 aliphatic rings. The molecule has 0 aliphatic heterocycles. The number of rotatable bonds is 4. The Balaban J connectivity index is 2.35. The Labute approximate surface area is 119 Å². The number of fused-ring (bicyclic) bond motifs is 1. The molecule has 1 aromatic heterocycles. The molecule has 108 valence electrons. The molecule has 20 heavy (non-hydrogen) atoms. The summed E-state index contributed by atoms with van der Waals surface area (Å²) in [6.07, 6.45) is 1.84. The van der Waals surface area contributed by atoms with Gasteiger partial charge in [-0.25, -0.2) is 0 Å². The largest absolute Gasteiger partial charge is 0.492 e. The smallest absolute Gasteiger partial charge is 0.423 e. The summed E-state index contributed by atoms with van der Waals surface area (Å²) >= 11 is 0. The van der Waals surface area contributed by atoms with Gasteiger partial charge in [-0.1, -0.05) is 12.1 Å². The van der Waals surface area contributed by atoms with Crippen LogP contribution in [0.1, 0.15) is 27.7 Å². The molecule has 5 nitrogen and oxygen atoms in total. The van der Waals surface area contributed by atoms with Crippen molar-refractivity contribution in [1.29, 1.82) is 0 Å². The molecule has 0 saturated carbocycles. The molecule has 0 spiro atoms. The maximum Gasteiger partial charge on any atom is 0.492 e. The summed E-state index contributed by atoms with van der Waals surface area (Å²) in [6, 6.07) is 5.51. The van der Waals surface area contributed by atoms with Crippen LogP contribution >= 0.6 is 0 Å². The van der Waals surface area contributed by atoms with Gasteiger partial charge >= 0.3 is 7.12 Å². The number of aryl methyl sites for hydroxylation is 1. The lowest BCUT2D eigenvalue weighted by atomic mass is 9.75. The average molecular weight is 276 g/mol. The summed E-state index contributed by atoms with van der Waals surface area (Å²) in [5.74, 6) is 0. The highest BCUT2D eigenvalue weighted by atomic mass is 16.5. The molecule has 0 unspecified atom stereocenters. The standard InChI is InChI=1S/C14H21BN2O3/c1-13(2,18)14(3,4)20-15(19)11-7-6-8-12-10(11)9-17(5)16-12/h6-9,18-19H,1-5H3. The summed E-state index contributed by atoms with van der Waals surface area (Å²) < 4.78 is 7.37. The molecule has 0 radical (unpaired) electrons. The Kier molecular flexibility index (Phi) is 3.66. The zero-order chi connectivity index (χ0) is 15.1. The Hall–Kier alpha value is -1.37. The number of hydrogen-bond acceptors (Lipinski definition) is 4. The molecule has 0 fully saturated rings. The molecular formula is C14H21BN2O3. The fourth-order valence-electron chi connectivity index (χ4n) is 1.89. The third-order valence-electron chi connectivity index (χ3n) is 3.84. The molecule has 1 aromatic carbocycles. The van der Waals surface area contributed by atoms with E-state index in [-0.39, 0.29) is 0 Å². The van der Waals surface area contributed by atoms with E-state index in [1.807, 2.05) is 25.4 Å². The molecule has 2 aromatic rings. The topological polar surface area (TPSA) is 67.5 Å². The average Bonchev–Trinajstić information content (AvgIpc) is 2.66. The minimum Gasteiger partial charge on any atom is -0.423 e. The van der Waals surface area contributed by atoms with Gasteiger partial charge in [0, 0.05) is 18.6 Å². The van der Waals surface area contributed by atoms with Crippen molar-refractivity contribution in [2.45, 2.75) is 38.9 Å². The van der Waals surface area contributed by atoms with Crippen molar-refractivity contribution < 1.29 is 14.8 Å². The second kappa shape index (κ2) is 4.88. The molecule has 0 atom stereocenters. The number of aliphatic hydroxyl groups is 1. The van der Waals surface area contributed by atoms with E-state index in [2.05, 4.69) is 5.10 Å². The van der Waals surface area contributed by atoms with Gasteiger partial charge in [0.05, 0.1) is 16.7 Å². The SMILES string of the molecule is Cn1cc2c(B(O)OC(C)(C)C(C)(C)O)cccc2n1. The maximum absolute atomic E-state index is 10.4. The molecule has 0 aliphatic carbocycles. The van der Waals surface area contributed by atoms with Crippen LogP contribution in [-0.4, -0.2) is 38.2 Å². The fraction of sp³-hybridized carbons (Fsp3) is 0.500. The van der Waals surface area contributed by atoms with Gasteiger partial charge < -0.3 is 14.8 Å². The first-order chi connectivity index (χ1) is 9.12. The second-order valence-corrected chi connectivity index (χ2v) is 6.12. The maximum atomic E-state index is 10.4. The Morgan fingerprint density at radius 1 is 1.25 bits per heavy atom. The van der Waals surface area contributed by atoms with E-state index in [9.17, 15) is 10.1 Å². The number of benzene rings is 1. The first kappa shape index (κ1) is 15.0. The van der Waals surface area contributed by atoms with Crippen LogP contribution in [0.25, 0.3) is 10.9 Å². The summed E-state index contributed by atoms with van der Waals surface area (Å²) in [7, 11) is 0.710. The Bertz CT molecular complexity index is 616. The van der Waals surface area contributed by atoms with Crippen molar-refractivity contribution in [1.82, 2.24) is 9.78 Å². The Morgan fingerprint density at radius 2 is 1.90 bits per heavy atom. The van der Waals surface area contributed by atoms with Gasteiger partial charge in [-0.05, 0) is 39.2 Å². The molecular weight excluding hydrogens is 255 g/mol. The summed E-state index contributed by atoms with van der Waals surface area (Å²) in [5, 5.41) is 25.6. The molecule has 1 heterocycles. The van der Waals surface area contributed by atoms with E-state index in [0.717, 1.165) is 10.9 Å². The van der Waals surface area contributed by atoms with Gasteiger partial charge in [-0.2, -0.15) is 5.10 Å². The van der Waals surface area contributed by atoms with E-state index in [0.29, 0.717) is 5.46 Å². The normalized spacial score (nSPS) is 12.9.